The fraction of sp³-hybridized carbons (Fsp3) is 0.556. The zero-order chi connectivity index (χ0) is 12.4. The first-order valence-electron chi connectivity index (χ1n) is 5.31. The second-order valence-corrected chi connectivity index (χ2v) is 4.02. The van der Waals surface area contributed by atoms with Crippen molar-refractivity contribution in [3.05, 3.63) is 4.91 Å². The summed E-state index contributed by atoms with van der Waals surface area (Å²) < 4.78 is 0. The summed E-state index contributed by atoms with van der Waals surface area (Å²) in [5, 5.41) is 2.72. The summed E-state index contributed by atoms with van der Waals surface area (Å²) in [6.07, 6.45) is 0. The maximum atomic E-state index is 10.5. The number of nitrogens with zero attached hydrogens (tertiary/aromatic N) is 5. The molecular weight excluding hydrogens is 222 g/mol. The van der Waals surface area contributed by atoms with Gasteiger partial charge in [-0.25, -0.2) is 0 Å². The third-order valence-corrected chi connectivity index (χ3v) is 2.80. The van der Waals surface area contributed by atoms with Crippen molar-refractivity contribution in [3.63, 3.8) is 0 Å². The van der Waals surface area contributed by atoms with Crippen LogP contribution in [0, 0.1) is 4.91 Å². The zero-order valence-corrected chi connectivity index (χ0v) is 9.63. The molecule has 1 aromatic rings. The van der Waals surface area contributed by atoms with Gasteiger partial charge >= 0.3 is 0 Å². The van der Waals surface area contributed by atoms with Crippen molar-refractivity contribution in [2.24, 2.45) is 5.18 Å². The maximum Gasteiger partial charge on any atom is 0.229 e. The van der Waals surface area contributed by atoms with Gasteiger partial charge in [-0.2, -0.15) is 9.97 Å². The molecule has 1 aromatic heterocycles. The van der Waals surface area contributed by atoms with Gasteiger partial charge in [-0.05, 0) is 12.2 Å². The van der Waals surface area contributed by atoms with Crippen LogP contribution in [0.3, 0.4) is 0 Å². The molecule has 0 amide bonds. The van der Waals surface area contributed by atoms with Crippen LogP contribution in [-0.2, 0) is 0 Å². The lowest BCUT2D eigenvalue weighted by molar-refractivity contribution is 0.311. The Morgan fingerprint density at radius 2 is 1.65 bits per heavy atom. The first-order valence-corrected chi connectivity index (χ1v) is 5.31. The summed E-state index contributed by atoms with van der Waals surface area (Å²) in [7, 11) is 2.06. The molecule has 0 bridgehead atoms. The van der Waals surface area contributed by atoms with Crippen LogP contribution in [-0.4, -0.2) is 48.1 Å². The molecule has 0 atom stereocenters. The Kier molecular flexibility index (Phi) is 3.05. The van der Waals surface area contributed by atoms with E-state index in [-0.39, 0.29) is 17.3 Å². The maximum absolute atomic E-state index is 10.5. The van der Waals surface area contributed by atoms with Crippen LogP contribution in [0.15, 0.2) is 5.18 Å². The zero-order valence-electron chi connectivity index (χ0n) is 9.63. The number of nitroso groups, excluding NO2 is 1. The number of piperazine rings is 1. The Labute approximate surface area is 98.6 Å². The molecule has 0 aromatic carbocycles. The molecule has 4 N–H and O–H groups in total. The van der Waals surface area contributed by atoms with Gasteiger partial charge < -0.3 is 21.3 Å². The van der Waals surface area contributed by atoms with Gasteiger partial charge in [-0.3, -0.25) is 0 Å². The predicted molar refractivity (Wildman–Crippen MR) is 66.0 cm³/mol. The summed E-state index contributed by atoms with van der Waals surface area (Å²) in [4.78, 5) is 22.8. The highest BCUT2D eigenvalue weighted by molar-refractivity contribution is 5.71. The largest absolute Gasteiger partial charge is 0.382 e. The first-order chi connectivity index (χ1) is 8.11. The Bertz CT molecular complexity index is 404. The highest BCUT2D eigenvalue weighted by Crippen LogP contribution is 2.28. The van der Waals surface area contributed by atoms with E-state index < -0.39 is 0 Å². The summed E-state index contributed by atoms with van der Waals surface area (Å²) in [6, 6.07) is 0. The molecule has 1 aliphatic rings. The van der Waals surface area contributed by atoms with E-state index in [2.05, 4.69) is 27.1 Å². The van der Waals surface area contributed by atoms with Crippen molar-refractivity contribution in [1.82, 2.24) is 14.9 Å². The fourth-order valence-electron chi connectivity index (χ4n) is 1.72. The van der Waals surface area contributed by atoms with Gasteiger partial charge in [0.2, 0.25) is 5.95 Å². The van der Waals surface area contributed by atoms with Crippen molar-refractivity contribution < 1.29 is 0 Å². The molecular formula is C9H15N7O. The van der Waals surface area contributed by atoms with E-state index in [4.69, 9.17) is 11.5 Å². The second-order valence-electron chi connectivity index (χ2n) is 4.02. The van der Waals surface area contributed by atoms with Crippen molar-refractivity contribution in [2.45, 2.75) is 0 Å². The molecule has 0 unspecified atom stereocenters. The molecule has 2 rings (SSSR count). The topological polar surface area (TPSA) is 114 Å². The minimum atomic E-state index is -0.0807. The first kappa shape index (κ1) is 11.5. The van der Waals surface area contributed by atoms with Gasteiger partial charge in [0.15, 0.2) is 17.3 Å². The minimum absolute atomic E-state index is 0.0291. The fourth-order valence-corrected chi connectivity index (χ4v) is 1.72. The Hall–Kier alpha value is -1.96. The Morgan fingerprint density at radius 3 is 2.12 bits per heavy atom. The lowest BCUT2D eigenvalue weighted by atomic mass is 10.3. The van der Waals surface area contributed by atoms with Crippen molar-refractivity contribution in [2.75, 3.05) is 49.6 Å². The molecule has 1 fully saturated rings. The Morgan fingerprint density at radius 1 is 1.12 bits per heavy atom. The van der Waals surface area contributed by atoms with Gasteiger partial charge in [-0.15, -0.1) is 4.91 Å². The van der Waals surface area contributed by atoms with Crippen LogP contribution < -0.4 is 16.4 Å². The van der Waals surface area contributed by atoms with Crippen LogP contribution in [0.1, 0.15) is 0 Å². The average Bonchev–Trinajstić information content (AvgIpc) is 2.29. The molecule has 2 heterocycles. The highest BCUT2D eigenvalue weighted by atomic mass is 16.3. The van der Waals surface area contributed by atoms with Crippen LogP contribution in [0.25, 0.3) is 0 Å². The number of rotatable bonds is 2. The molecule has 0 radical (unpaired) electrons. The number of nitrogens with two attached hydrogens (primary N) is 2. The number of nitrogen functional groups attached to an aromatic ring is 2. The minimum Gasteiger partial charge on any atom is -0.382 e. The third-order valence-electron chi connectivity index (χ3n) is 2.80. The monoisotopic (exact) mass is 237 g/mol. The molecule has 0 saturated carbocycles. The van der Waals surface area contributed by atoms with Crippen LogP contribution >= 0.6 is 0 Å². The van der Waals surface area contributed by atoms with Gasteiger partial charge in [-0.1, -0.05) is 0 Å². The summed E-state index contributed by atoms with van der Waals surface area (Å²) in [5.41, 5.74) is 11.1. The molecule has 17 heavy (non-hydrogen) atoms. The molecule has 1 saturated heterocycles. The highest BCUT2D eigenvalue weighted by Gasteiger charge is 2.19. The van der Waals surface area contributed by atoms with Crippen molar-refractivity contribution in [1.29, 1.82) is 0 Å². The van der Waals surface area contributed by atoms with E-state index in [0.717, 1.165) is 26.2 Å². The van der Waals surface area contributed by atoms with E-state index >= 15 is 0 Å². The lowest BCUT2D eigenvalue weighted by Crippen LogP contribution is -2.45. The standard InChI is InChI=1S/C9H15N7O/c1-15-2-4-16(5-3-15)9-12-7(10)6(14-17)8(11)13-9/h2-5H2,1H3,(H4,10,11,12,13). The number of aromatic nitrogens is 2. The summed E-state index contributed by atoms with van der Waals surface area (Å²) in [6.45, 7) is 3.47. The van der Waals surface area contributed by atoms with E-state index in [1.165, 1.54) is 0 Å². The lowest BCUT2D eigenvalue weighted by Gasteiger charge is -2.32. The number of hydrogen-bond donors (Lipinski definition) is 2. The van der Waals surface area contributed by atoms with E-state index in [0.29, 0.717) is 5.95 Å². The van der Waals surface area contributed by atoms with Gasteiger partial charge in [0, 0.05) is 26.2 Å². The average molecular weight is 237 g/mol. The number of hydrogen-bond acceptors (Lipinski definition) is 8. The SMILES string of the molecule is CN1CCN(c2nc(N)c(N=O)c(N)n2)CC1. The van der Waals surface area contributed by atoms with Crippen LogP contribution in [0.4, 0.5) is 23.3 Å². The second kappa shape index (κ2) is 4.50. The van der Waals surface area contributed by atoms with E-state index in [1.54, 1.807) is 0 Å². The van der Waals surface area contributed by atoms with E-state index in [9.17, 15) is 4.91 Å². The summed E-state index contributed by atoms with van der Waals surface area (Å²) >= 11 is 0. The number of likely N-dealkylation sites (N-methyl/N-ethyl adjacent to an activating group) is 1. The smallest absolute Gasteiger partial charge is 0.229 e. The quantitative estimate of drug-likeness (QED) is 0.684. The van der Waals surface area contributed by atoms with Gasteiger partial charge in [0.25, 0.3) is 0 Å². The van der Waals surface area contributed by atoms with Crippen molar-refractivity contribution in [3.8, 4) is 0 Å². The third kappa shape index (κ3) is 2.26. The van der Waals surface area contributed by atoms with Crippen LogP contribution in [0.2, 0.25) is 0 Å². The molecule has 8 heteroatoms. The molecule has 92 valence electrons. The number of anilines is 3. The molecule has 1 aliphatic heterocycles. The predicted octanol–water partition coefficient (Wildman–Crippen LogP) is -0.209. The normalized spacial score (nSPS) is 17.1. The Balaban J connectivity index is 2.25. The molecule has 0 spiro atoms. The van der Waals surface area contributed by atoms with Crippen molar-refractivity contribution >= 4 is 23.3 Å². The molecule has 8 nitrogen and oxygen atoms in total. The van der Waals surface area contributed by atoms with Gasteiger partial charge in [0.05, 0.1) is 0 Å². The summed E-state index contributed by atoms with van der Waals surface area (Å²) in [5.74, 6) is 0.517. The molecule has 0 aliphatic carbocycles. The van der Waals surface area contributed by atoms with E-state index in [1.807, 2.05) is 4.90 Å². The van der Waals surface area contributed by atoms with Gasteiger partial charge in [0.1, 0.15) is 0 Å². The van der Waals surface area contributed by atoms with Crippen LogP contribution in [0.5, 0.6) is 0 Å².